The molecule has 23 heavy (non-hydrogen) atoms. The number of hydrogen-bond donors (Lipinski definition) is 2. The van der Waals surface area contributed by atoms with Crippen LogP contribution in [0.2, 0.25) is 5.02 Å². The standard InChI is InChI=1S/C19H23ClN2S/c1-13-5-6-14(11-17(13)20)12-21-18(23)22-16-9-7-15(8-10-16)19(2,3)4/h5-11H,12H2,1-4H3,(H2,21,22,23). The molecule has 0 fully saturated rings. The van der Waals surface area contributed by atoms with E-state index in [1.54, 1.807) is 0 Å². The highest BCUT2D eigenvalue weighted by molar-refractivity contribution is 7.80. The van der Waals surface area contributed by atoms with Crippen molar-refractivity contribution in [1.29, 1.82) is 0 Å². The number of nitrogens with one attached hydrogen (secondary N) is 2. The molecule has 2 N–H and O–H groups in total. The second kappa shape index (κ2) is 7.33. The summed E-state index contributed by atoms with van der Waals surface area (Å²) in [5, 5.41) is 7.79. The molecule has 0 aliphatic heterocycles. The van der Waals surface area contributed by atoms with E-state index >= 15 is 0 Å². The Morgan fingerprint density at radius 2 is 1.74 bits per heavy atom. The molecule has 0 spiro atoms. The molecule has 0 radical (unpaired) electrons. The monoisotopic (exact) mass is 346 g/mol. The highest BCUT2D eigenvalue weighted by atomic mass is 35.5. The summed E-state index contributed by atoms with van der Waals surface area (Å²) in [6.07, 6.45) is 0. The van der Waals surface area contributed by atoms with Gasteiger partial charge in [-0.25, -0.2) is 0 Å². The van der Waals surface area contributed by atoms with Gasteiger partial charge in [0.15, 0.2) is 5.11 Å². The SMILES string of the molecule is Cc1ccc(CNC(=S)Nc2ccc(C(C)(C)C)cc2)cc1Cl. The highest BCUT2D eigenvalue weighted by Gasteiger charge is 2.12. The number of benzene rings is 2. The lowest BCUT2D eigenvalue weighted by molar-refractivity contribution is 0.590. The van der Waals surface area contributed by atoms with Gasteiger partial charge in [0.1, 0.15) is 0 Å². The summed E-state index contributed by atoms with van der Waals surface area (Å²) in [6.45, 7) is 9.25. The van der Waals surface area contributed by atoms with Gasteiger partial charge in [-0.05, 0) is 59.4 Å². The molecule has 0 unspecified atom stereocenters. The first-order chi connectivity index (χ1) is 10.8. The maximum Gasteiger partial charge on any atom is 0.171 e. The van der Waals surface area contributed by atoms with Crippen LogP contribution in [-0.4, -0.2) is 5.11 Å². The van der Waals surface area contributed by atoms with E-state index in [4.69, 9.17) is 23.8 Å². The predicted molar refractivity (Wildman–Crippen MR) is 104 cm³/mol. The van der Waals surface area contributed by atoms with Gasteiger partial charge in [-0.15, -0.1) is 0 Å². The smallest absolute Gasteiger partial charge is 0.171 e. The van der Waals surface area contributed by atoms with Crippen LogP contribution in [0.25, 0.3) is 0 Å². The summed E-state index contributed by atoms with van der Waals surface area (Å²) in [6, 6.07) is 14.4. The fourth-order valence-electron chi connectivity index (χ4n) is 2.16. The molecular weight excluding hydrogens is 324 g/mol. The molecule has 0 saturated carbocycles. The molecule has 0 heterocycles. The number of aryl methyl sites for hydroxylation is 1. The molecule has 4 heteroatoms. The second-order valence-corrected chi connectivity index (χ2v) is 7.53. The predicted octanol–water partition coefficient (Wildman–Crippen LogP) is 5.43. The minimum absolute atomic E-state index is 0.155. The molecule has 0 saturated heterocycles. The molecule has 122 valence electrons. The van der Waals surface area contributed by atoms with E-state index in [2.05, 4.69) is 61.7 Å². The van der Waals surface area contributed by atoms with Crippen molar-refractivity contribution in [3.05, 3.63) is 64.2 Å². The topological polar surface area (TPSA) is 24.1 Å². The maximum atomic E-state index is 6.13. The summed E-state index contributed by atoms with van der Waals surface area (Å²) in [7, 11) is 0. The molecular formula is C19H23ClN2S. The Kier molecular flexibility index (Phi) is 5.66. The molecule has 2 aromatic rings. The van der Waals surface area contributed by atoms with Gasteiger partial charge >= 0.3 is 0 Å². The van der Waals surface area contributed by atoms with Crippen LogP contribution in [0.4, 0.5) is 5.69 Å². The molecule has 2 aromatic carbocycles. The van der Waals surface area contributed by atoms with Crippen molar-refractivity contribution in [2.24, 2.45) is 0 Å². The molecule has 0 amide bonds. The minimum atomic E-state index is 0.155. The molecule has 2 nitrogen and oxygen atoms in total. The quantitative estimate of drug-likeness (QED) is 0.724. The van der Waals surface area contributed by atoms with Gasteiger partial charge in [-0.2, -0.15) is 0 Å². The largest absolute Gasteiger partial charge is 0.358 e. The summed E-state index contributed by atoms with van der Waals surface area (Å²) in [4.78, 5) is 0. The van der Waals surface area contributed by atoms with Crippen molar-refractivity contribution in [3.8, 4) is 0 Å². The Balaban J connectivity index is 1.90. The third-order valence-electron chi connectivity index (χ3n) is 3.70. The van der Waals surface area contributed by atoms with E-state index in [-0.39, 0.29) is 5.41 Å². The van der Waals surface area contributed by atoms with Crippen molar-refractivity contribution in [1.82, 2.24) is 5.32 Å². The Morgan fingerprint density at radius 1 is 1.09 bits per heavy atom. The average Bonchev–Trinajstić information content (AvgIpc) is 2.48. The third-order valence-corrected chi connectivity index (χ3v) is 4.35. The van der Waals surface area contributed by atoms with Gasteiger partial charge in [0, 0.05) is 17.3 Å². The number of halogens is 1. The van der Waals surface area contributed by atoms with Gasteiger partial charge in [-0.3, -0.25) is 0 Å². The normalized spacial score (nSPS) is 11.2. The van der Waals surface area contributed by atoms with E-state index in [1.165, 1.54) is 5.56 Å². The Morgan fingerprint density at radius 3 is 2.30 bits per heavy atom. The van der Waals surface area contributed by atoms with Gasteiger partial charge < -0.3 is 10.6 Å². The average molecular weight is 347 g/mol. The number of anilines is 1. The minimum Gasteiger partial charge on any atom is -0.358 e. The fraction of sp³-hybridized carbons (Fsp3) is 0.316. The number of hydrogen-bond acceptors (Lipinski definition) is 1. The van der Waals surface area contributed by atoms with Crippen molar-refractivity contribution < 1.29 is 0 Å². The van der Waals surface area contributed by atoms with Gasteiger partial charge in [0.25, 0.3) is 0 Å². The van der Waals surface area contributed by atoms with Crippen LogP contribution in [0.1, 0.15) is 37.5 Å². The zero-order valence-electron chi connectivity index (χ0n) is 14.0. The Hall–Kier alpha value is -1.58. The van der Waals surface area contributed by atoms with Gasteiger partial charge in [0.05, 0.1) is 0 Å². The van der Waals surface area contributed by atoms with E-state index in [1.807, 2.05) is 19.1 Å². The summed E-state index contributed by atoms with van der Waals surface area (Å²) >= 11 is 11.5. The van der Waals surface area contributed by atoms with Crippen LogP contribution in [0, 0.1) is 6.92 Å². The molecule has 0 aromatic heterocycles. The Bertz CT molecular complexity index is 688. The first-order valence-electron chi connectivity index (χ1n) is 7.66. The lowest BCUT2D eigenvalue weighted by Gasteiger charge is -2.19. The lowest BCUT2D eigenvalue weighted by Crippen LogP contribution is -2.27. The van der Waals surface area contributed by atoms with Crippen LogP contribution in [0.5, 0.6) is 0 Å². The highest BCUT2D eigenvalue weighted by Crippen LogP contribution is 2.23. The summed E-state index contributed by atoms with van der Waals surface area (Å²) in [5.74, 6) is 0. The molecule has 2 rings (SSSR count). The first-order valence-corrected chi connectivity index (χ1v) is 8.45. The summed E-state index contributed by atoms with van der Waals surface area (Å²) < 4.78 is 0. The number of rotatable bonds is 3. The van der Waals surface area contributed by atoms with Crippen molar-refractivity contribution in [2.45, 2.75) is 39.7 Å². The molecule has 0 aliphatic rings. The van der Waals surface area contributed by atoms with Crippen LogP contribution >= 0.6 is 23.8 Å². The van der Waals surface area contributed by atoms with Crippen molar-refractivity contribution in [3.63, 3.8) is 0 Å². The van der Waals surface area contributed by atoms with Crippen LogP contribution in [0.15, 0.2) is 42.5 Å². The van der Waals surface area contributed by atoms with Gasteiger partial charge in [-0.1, -0.05) is 56.6 Å². The van der Waals surface area contributed by atoms with E-state index in [0.717, 1.165) is 21.8 Å². The fourth-order valence-corrected chi connectivity index (χ4v) is 2.55. The van der Waals surface area contributed by atoms with Crippen LogP contribution in [-0.2, 0) is 12.0 Å². The maximum absolute atomic E-state index is 6.13. The zero-order chi connectivity index (χ0) is 17.0. The van der Waals surface area contributed by atoms with E-state index < -0.39 is 0 Å². The van der Waals surface area contributed by atoms with Gasteiger partial charge in [0.2, 0.25) is 0 Å². The molecule has 0 bridgehead atoms. The summed E-state index contributed by atoms with van der Waals surface area (Å²) in [5.41, 5.74) is 4.62. The number of thiocarbonyl (C=S) groups is 1. The zero-order valence-corrected chi connectivity index (χ0v) is 15.6. The van der Waals surface area contributed by atoms with E-state index in [9.17, 15) is 0 Å². The van der Waals surface area contributed by atoms with E-state index in [0.29, 0.717) is 11.7 Å². The molecule has 0 aliphatic carbocycles. The van der Waals surface area contributed by atoms with Crippen molar-refractivity contribution in [2.75, 3.05) is 5.32 Å². The first kappa shape index (κ1) is 17.8. The van der Waals surface area contributed by atoms with Crippen LogP contribution < -0.4 is 10.6 Å². The third kappa shape index (κ3) is 5.22. The second-order valence-electron chi connectivity index (χ2n) is 6.72. The Labute approximate surface area is 149 Å². The lowest BCUT2D eigenvalue weighted by atomic mass is 9.87. The van der Waals surface area contributed by atoms with Crippen LogP contribution in [0.3, 0.4) is 0 Å². The van der Waals surface area contributed by atoms with Crippen molar-refractivity contribution >= 4 is 34.6 Å². The molecule has 0 atom stereocenters.